The average molecular weight is 289 g/mol. The molecule has 0 spiro atoms. The van der Waals surface area contributed by atoms with E-state index in [1.165, 1.54) is 4.88 Å². The van der Waals surface area contributed by atoms with Crippen molar-refractivity contribution >= 4 is 17.3 Å². The maximum Gasteiger partial charge on any atom is 0.330 e. The zero-order chi connectivity index (χ0) is 14.4. The Hall–Kier alpha value is -1.65. The summed E-state index contributed by atoms with van der Waals surface area (Å²) in [4.78, 5) is 13.5. The number of nitrogens with one attached hydrogen (secondary N) is 1. The molecule has 0 aliphatic rings. The summed E-state index contributed by atoms with van der Waals surface area (Å²) in [6, 6.07) is 13.7. The predicted octanol–water partition coefficient (Wildman–Crippen LogP) is 3.32. The monoisotopic (exact) mass is 289 g/mol. The van der Waals surface area contributed by atoms with Crippen LogP contribution in [-0.2, 0) is 21.6 Å². The van der Waals surface area contributed by atoms with E-state index in [9.17, 15) is 4.79 Å². The highest BCUT2D eigenvalue weighted by Gasteiger charge is 2.36. The molecule has 0 saturated heterocycles. The normalized spacial score (nSPS) is 13.7. The van der Waals surface area contributed by atoms with Gasteiger partial charge in [-0.1, -0.05) is 36.4 Å². The number of hydrogen-bond acceptors (Lipinski definition) is 4. The summed E-state index contributed by atoms with van der Waals surface area (Å²) in [7, 11) is 0. The van der Waals surface area contributed by atoms with Gasteiger partial charge in [-0.3, -0.25) is 5.32 Å². The summed E-state index contributed by atoms with van der Waals surface area (Å²) < 4.78 is 5.23. The van der Waals surface area contributed by atoms with Crippen molar-refractivity contribution < 1.29 is 9.53 Å². The van der Waals surface area contributed by atoms with Crippen LogP contribution in [-0.4, -0.2) is 12.6 Å². The molecule has 0 aliphatic heterocycles. The summed E-state index contributed by atoms with van der Waals surface area (Å²) in [5, 5.41) is 5.36. The first kappa shape index (κ1) is 14.8. The fraction of sp³-hybridized carbons (Fsp3) is 0.312. The molecule has 3 nitrogen and oxygen atoms in total. The lowest BCUT2D eigenvalue weighted by Crippen LogP contribution is -2.47. The summed E-state index contributed by atoms with van der Waals surface area (Å²) >= 11 is 1.67. The van der Waals surface area contributed by atoms with Gasteiger partial charge in [0, 0.05) is 11.4 Å². The van der Waals surface area contributed by atoms with Crippen molar-refractivity contribution in [3.8, 4) is 0 Å². The summed E-state index contributed by atoms with van der Waals surface area (Å²) in [6.07, 6.45) is 0. The van der Waals surface area contributed by atoms with Gasteiger partial charge in [-0.25, -0.2) is 4.79 Å². The first-order valence-corrected chi connectivity index (χ1v) is 7.55. The molecule has 1 aromatic heterocycles. The van der Waals surface area contributed by atoms with Gasteiger partial charge in [-0.15, -0.1) is 11.3 Å². The first-order valence-electron chi connectivity index (χ1n) is 6.67. The summed E-state index contributed by atoms with van der Waals surface area (Å²) in [6.45, 7) is 4.71. The molecule has 0 radical (unpaired) electrons. The average Bonchev–Trinajstić information content (AvgIpc) is 2.99. The number of rotatable bonds is 6. The Kier molecular flexibility index (Phi) is 4.93. The number of hydrogen-bond donors (Lipinski definition) is 1. The van der Waals surface area contributed by atoms with Gasteiger partial charge in [0.25, 0.3) is 0 Å². The second-order valence-corrected chi connectivity index (χ2v) is 5.68. The third-order valence-electron chi connectivity index (χ3n) is 3.23. The van der Waals surface area contributed by atoms with Gasteiger partial charge >= 0.3 is 5.97 Å². The van der Waals surface area contributed by atoms with Crippen LogP contribution in [0.3, 0.4) is 0 Å². The van der Waals surface area contributed by atoms with Crippen molar-refractivity contribution in [1.29, 1.82) is 0 Å². The highest BCUT2D eigenvalue weighted by molar-refractivity contribution is 7.09. The van der Waals surface area contributed by atoms with Crippen molar-refractivity contribution in [1.82, 2.24) is 5.32 Å². The van der Waals surface area contributed by atoms with Gasteiger partial charge < -0.3 is 4.74 Å². The number of esters is 1. The fourth-order valence-corrected chi connectivity index (χ4v) is 2.66. The molecular weight excluding hydrogens is 270 g/mol. The maximum absolute atomic E-state index is 12.3. The Morgan fingerprint density at radius 1 is 1.25 bits per heavy atom. The Morgan fingerprint density at radius 2 is 2.00 bits per heavy atom. The lowest BCUT2D eigenvalue weighted by Gasteiger charge is -2.29. The van der Waals surface area contributed by atoms with Crippen LogP contribution >= 0.6 is 11.3 Å². The topological polar surface area (TPSA) is 38.3 Å². The van der Waals surface area contributed by atoms with Crippen LogP contribution in [0.15, 0.2) is 47.8 Å². The van der Waals surface area contributed by atoms with Crippen LogP contribution in [0.25, 0.3) is 0 Å². The van der Waals surface area contributed by atoms with Gasteiger partial charge in [0.1, 0.15) is 5.54 Å². The van der Waals surface area contributed by atoms with Crippen LogP contribution in [0, 0.1) is 0 Å². The predicted molar refractivity (Wildman–Crippen MR) is 81.6 cm³/mol. The molecule has 0 fully saturated rings. The van der Waals surface area contributed by atoms with E-state index < -0.39 is 5.54 Å². The van der Waals surface area contributed by atoms with E-state index in [0.29, 0.717) is 13.2 Å². The number of ether oxygens (including phenoxy) is 1. The van der Waals surface area contributed by atoms with Crippen molar-refractivity contribution in [2.75, 3.05) is 6.61 Å². The zero-order valence-electron chi connectivity index (χ0n) is 11.8. The Labute approximate surface area is 123 Å². The lowest BCUT2D eigenvalue weighted by molar-refractivity contribution is -0.151. The van der Waals surface area contributed by atoms with Crippen LogP contribution in [0.5, 0.6) is 0 Å². The molecule has 1 aromatic carbocycles. The van der Waals surface area contributed by atoms with Crippen LogP contribution in [0.1, 0.15) is 24.3 Å². The van der Waals surface area contributed by atoms with Crippen LogP contribution in [0.2, 0.25) is 0 Å². The van der Waals surface area contributed by atoms with Crippen molar-refractivity contribution in [2.24, 2.45) is 0 Å². The smallest absolute Gasteiger partial charge is 0.330 e. The van der Waals surface area contributed by atoms with Crippen LogP contribution < -0.4 is 5.32 Å². The molecular formula is C16H19NO2S. The van der Waals surface area contributed by atoms with E-state index in [4.69, 9.17) is 4.74 Å². The van der Waals surface area contributed by atoms with Crippen LogP contribution in [0.4, 0.5) is 0 Å². The molecule has 2 rings (SSSR count). The minimum absolute atomic E-state index is 0.247. The quantitative estimate of drug-likeness (QED) is 0.829. The second-order valence-electron chi connectivity index (χ2n) is 4.64. The van der Waals surface area contributed by atoms with Gasteiger partial charge in [0.15, 0.2) is 0 Å². The van der Waals surface area contributed by atoms with E-state index in [1.807, 2.05) is 61.7 Å². The van der Waals surface area contributed by atoms with Crippen molar-refractivity contribution in [3.63, 3.8) is 0 Å². The first-order chi connectivity index (χ1) is 9.66. The maximum atomic E-state index is 12.3. The molecule has 0 saturated carbocycles. The Balaban J connectivity index is 2.22. The van der Waals surface area contributed by atoms with Gasteiger partial charge in [-0.2, -0.15) is 0 Å². The Morgan fingerprint density at radius 3 is 2.60 bits per heavy atom. The number of benzene rings is 1. The molecule has 1 unspecified atom stereocenters. The molecule has 4 heteroatoms. The van der Waals surface area contributed by atoms with E-state index in [2.05, 4.69) is 5.32 Å². The summed E-state index contributed by atoms with van der Waals surface area (Å²) in [5.41, 5.74) is 0.0800. The SMILES string of the molecule is CCOC(=O)C(C)(NCc1cccs1)c1ccccc1. The molecule has 1 heterocycles. The molecule has 1 N–H and O–H groups in total. The van der Waals surface area contributed by atoms with Gasteiger partial charge in [0.05, 0.1) is 6.61 Å². The zero-order valence-corrected chi connectivity index (χ0v) is 12.6. The lowest BCUT2D eigenvalue weighted by atomic mass is 9.92. The van der Waals surface area contributed by atoms with Crippen molar-refractivity contribution in [3.05, 3.63) is 58.3 Å². The summed E-state index contributed by atoms with van der Waals surface area (Å²) in [5.74, 6) is -0.247. The van der Waals surface area contributed by atoms with Crippen molar-refractivity contribution in [2.45, 2.75) is 25.9 Å². The van der Waals surface area contributed by atoms with Gasteiger partial charge in [-0.05, 0) is 30.9 Å². The third-order valence-corrected chi connectivity index (χ3v) is 4.11. The molecule has 0 aliphatic carbocycles. The number of carbonyl (C=O) groups excluding carboxylic acids is 1. The standard InChI is InChI=1S/C16H19NO2S/c1-3-19-15(18)16(2,13-8-5-4-6-9-13)17-12-14-10-7-11-20-14/h4-11,17H,3,12H2,1-2H3. The molecule has 106 valence electrons. The molecule has 0 amide bonds. The highest BCUT2D eigenvalue weighted by Crippen LogP contribution is 2.23. The van der Waals surface area contributed by atoms with E-state index >= 15 is 0 Å². The minimum Gasteiger partial charge on any atom is -0.464 e. The van der Waals surface area contributed by atoms with E-state index in [1.54, 1.807) is 11.3 Å². The van der Waals surface area contributed by atoms with E-state index in [0.717, 1.165) is 5.56 Å². The highest BCUT2D eigenvalue weighted by atomic mass is 32.1. The van der Waals surface area contributed by atoms with E-state index in [-0.39, 0.29) is 5.97 Å². The molecule has 2 aromatic rings. The Bertz CT molecular complexity index is 539. The fourth-order valence-electron chi connectivity index (χ4n) is 2.02. The number of thiophene rings is 1. The number of carbonyl (C=O) groups is 1. The second kappa shape index (κ2) is 6.68. The largest absolute Gasteiger partial charge is 0.464 e. The molecule has 0 bridgehead atoms. The third kappa shape index (κ3) is 3.26. The molecule has 1 atom stereocenters. The van der Waals surface area contributed by atoms with Gasteiger partial charge in [0.2, 0.25) is 0 Å². The minimum atomic E-state index is -0.832. The molecule has 20 heavy (non-hydrogen) atoms.